The summed E-state index contributed by atoms with van der Waals surface area (Å²) in [6.07, 6.45) is 0.817. The highest BCUT2D eigenvalue weighted by Crippen LogP contribution is 2.18. The van der Waals surface area contributed by atoms with Crippen molar-refractivity contribution < 1.29 is 14.3 Å². The molecule has 0 aliphatic carbocycles. The van der Waals surface area contributed by atoms with Crippen LogP contribution < -0.4 is 10.1 Å². The number of hydrogen-bond acceptors (Lipinski definition) is 3. The molecule has 2 aromatic carbocycles. The minimum absolute atomic E-state index is 0.0197. The van der Waals surface area contributed by atoms with E-state index in [4.69, 9.17) is 4.74 Å². The molecule has 156 valence electrons. The van der Waals surface area contributed by atoms with Gasteiger partial charge in [0.15, 0.2) is 0 Å². The quantitative estimate of drug-likeness (QED) is 0.700. The van der Waals surface area contributed by atoms with Crippen LogP contribution in [0.3, 0.4) is 0 Å². The Morgan fingerprint density at radius 2 is 1.76 bits per heavy atom. The van der Waals surface area contributed by atoms with E-state index in [9.17, 15) is 9.59 Å². The van der Waals surface area contributed by atoms with E-state index in [-0.39, 0.29) is 24.3 Å². The van der Waals surface area contributed by atoms with E-state index >= 15 is 0 Å². The zero-order chi connectivity index (χ0) is 21.4. The van der Waals surface area contributed by atoms with Crippen LogP contribution in [0.1, 0.15) is 43.9 Å². The first-order valence-electron chi connectivity index (χ1n) is 10.1. The Morgan fingerprint density at radius 3 is 2.31 bits per heavy atom. The zero-order valence-electron chi connectivity index (χ0n) is 18.1. The Morgan fingerprint density at radius 1 is 1.07 bits per heavy atom. The molecule has 1 unspecified atom stereocenters. The van der Waals surface area contributed by atoms with Crippen LogP contribution in [0.25, 0.3) is 0 Å². The van der Waals surface area contributed by atoms with E-state index < -0.39 is 6.04 Å². The highest BCUT2D eigenvalue weighted by atomic mass is 16.5. The predicted molar refractivity (Wildman–Crippen MR) is 116 cm³/mol. The second kappa shape index (κ2) is 10.6. The molecule has 1 N–H and O–H groups in total. The smallest absolute Gasteiger partial charge is 0.243 e. The summed E-state index contributed by atoms with van der Waals surface area (Å²) in [6.45, 7) is 8.16. The molecular formula is C24H32N2O3. The Hall–Kier alpha value is -2.82. The maximum Gasteiger partial charge on any atom is 0.243 e. The summed E-state index contributed by atoms with van der Waals surface area (Å²) in [5.41, 5.74) is 3.02. The van der Waals surface area contributed by atoms with Crippen LogP contribution in [0.15, 0.2) is 48.5 Å². The van der Waals surface area contributed by atoms with E-state index in [0.717, 1.165) is 22.4 Å². The minimum atomic E-state index is -0.517. The first-order chi connectivity index (χ1) is 13.8. The summed E-state index contributed by atoms with van der Waals surface area (Å²) < 4.78 is 5.22. The standard InChI is InChI=1S/C24H32N2O3/c1-6-22(24(28)25-17(2)3)26(16-19-10-12-21(29-5)13-11-19)23(27)15-20-9-7-8-18(4)14-20/h7-14,17,22H,6,15-16H2,1-5H3,(H,25,28). The summed E-state index contributed by atoms with van der Waals surface area (Å²) in [5.74, 6) is 0.585. The van der Waals surface area contributed by atoms with Crippen LogP contribution in [-0.4, -0.2) is 35.9 Å². The number of methoxy groups -OCH3 is 1. The van der Waals surface area contributed by atoms with E-state index in [1.807, 2.05) is 76.2 Å². The Labute approximate surface area is 174 Å². The fourth-order valence-electron chi connectivity index (χ4n) is 3.33. The van der Waals surface area contributed by atoms with Crippen molar-refractivity contribution in [3.8, 4) is 5.75 Å². The molecule has 0 aliphatic rings. The molecule has 5 heteroatoms. The van der Waals surface area contributed by atoms with E-state index in [0.29, 0.717) is 13.0 Å². The van der Waals surface area contributed by atoms with Crippen LogP contribution in [0.5, 0.6) is 5.75 Å². The van der Waals surface area contributed by atoms with E-state index in [1.54, 1.807) is 12.0 Å². The van der Waals surface area contributed by atoms with Gasteiger partial charge < -0.3 is 15.0 Å². The molecular weight excluding hydrogens is 364 g/mol. The van der Waals surface area contributed by atoms with E-state index in [2.05, 4.69) is 5.32 Å². The van der Waals surface area contributed by atoms with Crippen molar-refractivity contribution in [2.24, 2.45) is 0 Å². The van der Waals surface area contributed by atoms with Gasteiger partial charge in [-0.15, -0.1) is 0 Å². The molecule has 0 aliphatic heterocycles. The summed E-state index contributed by atoms with van der Waals surface area (Å²) in [6, 6.07) is 15.0. The van der Waals surface area contributed by atoms with Crippen molar-refractivity contribution in [3.05, 3.63) is 65.2 Å². The number of nitrogens with one attached hydrogen (secondary N) is 1. The van der Waals surface area contributed by atoms with E-state index in [1.165, 1.54) is 0 Å². The average molecular weight is 397 g/mol. The summed E-state index contributed by atoms with van der Waals surface area (Å²) >= 11 is 0. The molecule has 29 heavy (non-hydrogen) atoms. The molecule has 1 atom stereocenters. The maximum atomic E-state index is 13.3. The summed E-state index contributed by atoms with van der Waals surface area (Å²) in [4.78, 5) is 27.8. The molecule has 0 saturated heterocycles. The number of benzene rings is 2. The number of hydrogen-bond donors (Lipinski definition) is 1. The maximum absolute atomic E-state index is 13.3. The lowest BCUT2D eigenvalue weighted by atomic mass is 10.0. The van der Waals surface area contributed by atoms with Gasteiger partial charge in [-0.2, -0.15) is 0 Å². The van der Waals surface area contributed by atoms with Crippen LogP contribution in [0, 0.1) is 6.92 Å². The van der Waals surface area contributed by atoms with Gasteiger partial charge in [0.1, 0.15) is 11.8 Å². The van der Waals surface area contributed by atoms with Crippen molar-refractivity contribution in [1.29, 1.82) is 0 Å². The monoisotopic (exact) mass is 396 g/mol. The van der Waals surface area contributed by atoms with Crippen molar-refractivity contribution >= 4 is 11.8 Å². The van der Waals surface area contributed by atoms with Gasteiger partial charge in [0.2, 0.25) is 11.8 Å². The largest absolute Gasteiger partial charge is 0.497 e. The molecule has 2 rings (SSSR count). The fourth-order valence-corrected chi connectivity index (χ4v) is 3.33. The molecule has 0 fully saturated rings. The summed E-state index contributed by atoms with van der Waals surface area (Å²) in [7, 11) is 1.62. The van der Waals surface area contributed by atoms with Gasteiger partial charge in [-0.05, 0) is 50.5 Å². The molecule has 0 heterocycles. The first kappa shape index (κ1) is 22.5. The lowest BCUT2D eigenvalue weighted by molar-refractivity contribution is -0.141. The van der Waals surface area contributed by atoms with Gasteiger partial charge in [0.05, 0.1) is 13.5 Å². The van der Waals surface area contributed by atoms with Gasteiger partial charge >= 0.3 is 0 Å². The van der Waals surface area contributed by atoms with Crippen molar-refractivity contribution in [3.63, 3.8) is 0 Å². The SMILES string of the molecule is CCC(C(=O)NC(C)C)N(Cc1ccc(OC)cc1)C(=O)Cc1cccc(C)c1. The predicted octanol–water partition coefficient (Wildman–Crippen LogP) is 3.88. The topological polar surface area (TPSA) is 58.6 Å². The van der Waals surface area contributed by atoms with Crippen molar-refractivity contribution in [1.82, 2.24) is 10.2 Å². The highest BCUT2D eigenvalue weighted by Gasteiger charge is 2.29. The second-order valence-electron chi connectivity index (χ2n) is 7.62. The third-order valence-electron chi connectivity index (χ3n) is 4.77. The second-order valence-corrected chi connectivity index (χ2v) is 7.62. The number of rotatable bonds is 9. The average Bonchev–Trinajstić information content (AvgIpc) is 2.67. The van der Waals surface area contributed by atoms with Gasteiger partial charge in [-0.3, -0.25) is 9.59 Å². The third-order valence-corrected chi connectivity index (χ3v) is 4.77. The molecule has 5 nitrogen and oxygen atoms in total. The Bertz CT molecular complexity index is 815. The lowest BCUT2D eigenvalue weighted by Gasteiger charge is -2.31. The van der Waals surface area contributed by atoms with Crippen LogP contribution >= 0.6 is 0 Å². The fraction of sp³-hybridized carbons (Fsp3) is 0.417. The Balaban J connectivity index is 2.28. The van der Waals surface area contributed by atoms with Crippen molar-refractivity contribution in [2.75, 3.05) is 7.11 Å². The minimum Gasteiger partial charge on any atom is -0.497 e. The summed E-state index contributed by atoms with van der Waals surface area (Å²) in [5, 5.41) is 2.95. The Kier molecular flexibility index (Phi) is 8.25. The molecule has 0 spiro atoms. The number of carbonyl (C=O) groups is 2. The van der Waals surface area contributed by atoms with Crippen molar-refractivity contribution in [2.45, 2.75) is 59.2 Å². The van der Waals surface area contributed by atoms with Gasteiger partial charge in [-0.1, -0.05) is 48.9 Å². The van der Waals surface area contributed by atoms with Gasteiger partial charge in [0, 0.05) is 12.6 Å². The number of nitrogens with zero attached hydrogens (tertiary/aromatic N) is 1. The normalized spacial score (nSPS) is 11.8. The molecule has 0 aromatic heterocycles. The molecule has 2 aromatic rings. The number of ether oxygens (including phenoxy) is 1. The van der Waals surface area contributed by atoms with Crippen LogP contribution in [0.2, 0.25) is 0 Å². The lowest BCUT2D eigenvalue weighted by Crippen LogP contribution is -2.50. The number of aryl methyl sites for hydroxylation is 1. The molecule has 0 radical (unpaired) electrons. The zero-order valence-corrected chi connectivity index (χ0v) is 18.1. The van der Waals surface area contributed by atoms with Gasteiger partial charge in [0.25, 0.3) is 0 Å². The molecule has 0 saturated carbocycles. The molecule has 0 bridgehead atoms. The van der Waals surface area contributed by atoms with Crippen LogP contribution in [0.4, 0.5) is 0 Å². The first-order valence-corrected chi connectivity index (χ1v) is 10.1. The third kappa shape index (κ3) is 6.63. The highest BCUT2D eigenvalue weighted by molar-refractivity contribution is 5.88. The molecule has 2 amide bonds. The van der Waals surface area contributed by atoms with Gasteiger partial charge in [-0.25, -0.2) is 0 Å². The number of carbonyl (C=O) groups excluding carboxylic acids is 2. The van der Waals surface area contributed by atoms with Crippen LogP contribution in [-0.2, 0) is 22.6 Å². The number of amides is 2.